The minimum Gasteiger partial charge on any atom is -0.493 e. The minimum absolute atomic E-state index is 0.0842. The molecule has 1 atom stereocenters. The van der Waals surface area contributed by atoms with E-state index < -0.39 is 6.10 Å². The topological polar surface area (TPSA) is 67.8 Å². The number of rotatable bonds is 4. The summed E-state index contributed by atoms with van der Waals surface area (Å²) in [5, 5.41) is 12.0. The van der Waals surface area contributed by atoms with Gasteiger partial charge in [-0.3, -0.25) is 4.79 Å². The summed E-state index contributed by atoms with van der Waals surface area (Å²) in [6, 6.07) is 3.46. The summed E-state index contributed by atoms with van der Waals surface area (Å²) in [5.41, 5.74) is 0.714. The van der Waals surface area contributed by atoms with Gasteiger partial charge in [0.05, 0.1) is 18.2 Å². The second-order valence-corrected chi connectivity index (χ2v) is 5.51. The molecule has 2 rings (SSSR count). The van der Waals surface area contributed by atoms with Gasteiger partial charge in [0.15, 0.2) is 17.6 Å². The van der Waals surface area contributed by atoms with Crippen molar-refractivity contribution in [2.24, 2.45) is 0 Å². The molecule has 1 unspecified atom stereocenters. The van der Waals surface area contributed by atoms with Crippen molar-refractivity contribution in [3.63, 3.8) is 0 Å². The Kier molecular flexibility index (Phi) is 5.25. The van der Waals surface area contributed by atoms with Crippen molar-refractivity contribution < 1.29 is 19.4 Å². The summed E-state index contributed by atoms with van der Waals surface area (Å²) in [6.45, 7) is 0.611. The minimum atomic E-state index is -0.511. The van der Waals surface area contributed by atoms with Crippen LogP contribution in [0.25, 0.3) is 0 Å². The number of amides is 1. The first-order chi connectivity index (χ1) is 9.65. The molecule has 5 nitrogen and oxygen atoms in total. The fourth-order valence-electron chi connectivity index (χ4n) is 2.14. The standard InChI is InChI=1S/C14H18BrNO4/c1-19-12-7-9(8-17)6-10(15)13(12)20-11-4-2-3-5-16-14(11)18/h6-7,11,17H,2-5,8H2,1H3,(H,16,18). The van der Waals surface area contributed by atoms with Crippen molar-refractivity contribution in [2.45, 2.75) is 32.0 Å². The first kappa shape index (κ1) is 15.1. The van der Waals surface area contributed by atoms with Crippen LogP contribution < -0.4 is 14.8 Å². The molecule has 0 aromatic heterocycles. The fraction of sp³-hybridized carbons (Fsp3) is 0.500. The molecule has 20 heavy (non-hydrogen) atoms. The maximum Gasteiger partial charge on any atom is 0.261 e. The predicted octanol–water partition coefficient (Wildman–Crippen LogP) is 2.00. The first-order valence-electron chi connectivity index (χ1n) is 6.57. The van der Waals surface area contributed by atoms with E-state index in [0.29, 0.717) is 34.5 Å². The number of nitrogens with one attached hydrogen (secondary N) is 1. The number of carbonyl (C=O) groups excluding carboxylic acids is 1. The highest BCUT2D eigenvalue weighted by Crippen LogP contribution is 2.37. The van der Waals surface area contributed by atoms with Crippen LogP contribution in [0.2, 0.25) is 0 Å². The maximum atomic E-state index is 11.9. The summed E-state index contributed by atoms with van der Waals surface area (Å²) >= 11 is 3.40. The summed E-state index contributed by atoms with van der Waals surface area (Å²) < 4.78 is 11.8. The van der Waals surface area contributed by atoms with Crippen LogP contribution in [0.15, 0.2) is 16.6 Å². The van der Waals surface area contributed by atoms with Gasteiger partial charge in [-0.2, -0.15) is 0 Å². The molecule has 0 radical (unpaired) electrons. The Hall–Kier alpha value is -1.27. The molecule has 1 fully saturated rings. The summed E-state index contributed by atoms with van der Waals surface area (Å²) in [4.78, 5) is 11.9. The van der Waals surface area contributed by atoms with Crippen LogP contribution in [0.3, 0.4) is 0 Å². The van der Waals surface area contributed by atoms with E-state index in [9.17, 15) is 9.90 Å². The third-order valence-corrected chi connectivity index (χ3v) is 3.81. The number of aliphatic hydroxyl groups is 1. The second-order valence-electron chi connectivity index (χ2n) is 4.66. The summed E-state index contributed by atoms with van der Waals surface area (Å²) in [6.07, 6.45) is 2.08. The highest BCUT2D eigenvalue weighted by molar-refractivity contribution is 9.10. The molecule has 6 heteroatoms. The quantitative estimate of drug-likeness (QED) is 0.877. The average Bonchev–Trinajstić information content (AvgIpc) is 2.65. The SMILES string of the molecule is COc1cc(CO)cc(Br)c1OC1CCCCNC1=O. The molecule has 1 heterocycles. The van der Waals surface area contributed by atoms with Crippen LogP contribution in [0.5, 0.6) is 11.5 Å². The van der Waals surface area contributed by atoms with Crippen LogP contribution in [-0.2, 0) is 11.4 Å². The Balaban J connectivity index is 2.25. The lowest BCUT2D eigenvalue weighted by Crippen LogP contribution is -2.36. The molecule has 1 aliphatic heterocycles. The van der Waals surface area contributed by atoms with Gasteiger partial charge in [0.25, 0.3) is 5.91 Å². The van der Waals surface area contributed by atoms with Crippen molar-refractivity contribution in [3.8, 4) is 11.5 Å². The third-order valence-electron chi connectivity index (χ3n) is 3.22. The van der Waals surface area contributed by atoms with E-state index in [1.54, 1.807) is 12.1 Å². The Morgan fingerprint density at radius 2 is 2.25 bits per heavy atom. The molecule has 2 N–H and O–H groups in total. The predicted molar refractivity (Wildman–Crippen MR) is 77.9 cm³/mol. The van der Waals surface area contributed by atoms with E-state index in [4.69, 9.17) is 9.47 Å². The van der Waals surface area contributed by atoms with E-state index in [1.807, 2.05) is 0 Å². The van der Waals surface area contributed by atoms with E-state index in [2.05, 4.69) is 21.2 Å². The van der Waals surface area contributed by atoms with Crippen molar-refractivity contribution in [3.05, 3.63) is 22.2 Å². The average molecular weight is 344 g/mol. The van der Waals surface area contributed by atoms with Crippen molar-refractivity contribution in [1.82, 2.24) is 5.32 Å². The smallest absolute Gasteiger partial charge is 0.261 e. The molecule has 1 saturated heterocycles. The van der Waals surface area contributed by atoms with Gasteiger partial charge in [0, 0.05) is 6.54 Å². The molecule has 1 aromatic carbocycles. The zero-order valence-corrected chi connectivity index (χ0v) is 12.9. The van der Waals surface area contributed by atoms with E-state index in [1.165, 1.54) is 7.11 Å². The number of ether oxygens (including phenoxy) is 2. The zero-order valence-electron chi connectivity index (χ0n) is 11.3. The molecule has 1 amide bonds. The molecule has 1 aliphatic rings. The van der Waals surface area contributed by atoms with Crippen LogP contribution >= 0.6 is 15.9 Å². The lowest BCUT2D eigenvalue weighted by Gasteiger charge is -2.19. The number of aliphatic hydroxyl groups excluding tert-OH is 1. The van der Waals surface area contributed by atoms with Gasteiger partial charge in [-0.1, -0.05) is 0 Å². The number of benzene rings is 1. The number of carbonyl (C=O) groups is 1. The van der Waals surface area contributed by atoms with E-state index in [-0.39, 0.29) is 12.5 Å². The van der Waals surface area contributed by atoms with Crippen LogP contribution in [0.4, 0.5) is 0 Å². The first-order valence-corrected chi connectivity index (χ1v) is 7.36. The number of hydrogen-bond acceptors (Lipinski definition) is 4. The van der Waals surface area contributed by atoms with Gasteiger partial charge in [-0.15, -0.1) is 0 Å². The van der Waals surface area contributed by atoms with E-state index in [0.717, 1.165) is 12.8 Å². The van der Waals surface area contributed by atoms with Gasteiger partial charge in [0.1, 0.15) is 0 Å². The fourth-order valence-corrected chi connectivity index (χ4v) is 2.73. The molecule has 110 valence electrons. The maximum absolute atomic E-state index is 11.9. The van der Waals surface area contributed by atoms with Crippen molar-refractivity contribution >= 4 is 21.8 Å². The van der Waals surface area contributed by atoms with Crippen LogP contribution in [0, 0.1) is 0 Å². The molecular formula is C14H18BrNO4. The highest BCUT2D eigenvalue weighted by Gasteiger charge is 2.25. The molecule has 0 saturated carbocycles. The third kappa shape index (κ3) is 3.43. The van der Waals surface area contributed by atoms with Gasteiger partial charge < -0.3 is 19.9 Å². The largest absolute Gasteiger partial charge is 0.493 e. The highest BCUT2D eigenvalue weighted by atomic mass is 79.9. The lowest BCUT2D eigenvalue weighted by atomic mass is 10.1. The van der Waals surface area contributed by atoms with Crippen molar-refractivity contribution in [2.75, 3.05) is 13.7 Å². The molecule has 0 aliphatic carbocycles. The normalized spacial score (nSPS) is 19.1. The second kappa shape index (κ2) is 6.95. The van der Waals surface area contributed by atoms with E-state index >= 15 is 0 Å². The Labute approximate surface area is 126 Å². The van der Waals surface area contributed by atoms with Gasteiger partial charge in [0.2, 0.25) is 0 Å². The molecule has 0 bridgehead atoms. The van der Waals surface area contributed by atoms with Crippen molar-refractivity contribution in [1.29, 1.82) is 0 Å². The number of hydrogen-bond donors (Lipinski definition) is 2. The van der Waals surface area contributed by atoms with Crippen LogP contribution in [0.1, 0.15) is 24.8 Å². The monoisotopic (exact) mass is 343 g/mol. The number of methoxy groups -OCH3 is 1. The summed E-state index contributed by atoms with van der Waals surface area (Å²) in [5.74, 6) is 0.898. The summed E-state index contributed by atoms with van der Waals surface area (Å²) in [7, 11) is 1.53. The molecular weight excluding hydrogens is 326 g/mol. The Morgan fingerprint density at radius 3 is 2.95 bits per heavy atom. The van der Waals surface area contributed by atoms with Crippen LogP contribution in [-0.4, -0.2) is 30.8 Å². The van der Waals surface area contributed by atoms with Gasteiger partial charge in [-0.05, 0) is 52.9 Å². The zero-order chi connectivity index (χ0) is 14.5. The number of halogens is 1. The molecule has 0 spiro atoms. The van der Waals surface area contributed by atoms with Gasteiger partial charge >= 0.3 is 0 Å². The Morgan fingerprint density at radius 1 is 1.45 bits per heavy atom. The Bertz CT molecular complexity index is 492. The molecule has 1 aromatic rings. The van der Waals surface area contributed by atoms with Gasteiger partial charge in [-0.25, -0.2) is 0 Å². The lowest BCUT2D eigenvalue weighted by molar-refractivity contribution is -0.127.